The van der Waals surface area contributed by atoms with Crippen LogP contribution < -0.4 is 15.1 Å². The number of fused-ring (bicyclic) bond motifs is 2. The van der Waals surface area contributed by atoms with Crippen LogP contribution >= 0.6 is 22.9 Å². The average molecular weight is 439 g/mol. The van der Waals surface area contributed by atoms with Crippen molar-refractivity contribution in [3.8, 4) is 5.75 Å². The number of amides is 1. The highest BCUT2D eigenvalue weighted by Gasteiger charge is 2.44. The predicted octanol–water partition coefficient (Wildman–Crippen LogP) is 5.05. The van der Waals surface area contributed by atoms with Crippen molar-refractivity contribution in [1.82, 2.24) is 4.98 Å². The summed E-state index contributed by atoms with van der Waals surface area (Å²) in [4.78, 5) is 32.6. The number of hydrogen-bond donors (Lipinski definition) is 0. The molecule has 2 aromatic heterocycles. The molecule has 0 bridgehead atoms. The number of thiazole rings is 1. The van der Waals surface area contributed by atoms with Crippen molar-refractivity contribution >= 4 is 44.9 Å². The summed E-state index contributed by atoms with van der Waals surface area (Å²) in [5.41, 5.74) is 1.04. The number of ether oxygens (including phenoxy) is 1. The molecule has 1 atom stereocenters. The largest absolute Gasteiger partial charge is 0.494 e. The number of rotatable bonds is 4. The number of halogens is 1. The Labute approximate surface area is 180 Å². The molecule has 0 fully saturated rings. The van der Waals surface area contributed by atoms with E-state index in [0.717, 1.165) is 5.56 Å². The van der Waals surface area contributed by atoms with Gasteiger partial charge in [-0.05, 0) is 42.8 Å². The van der Waals surface area contributed by atoms with Gasteiger partial charge in [0.25, 0.3) is 5.91 Å². The van der Waals surface area contributed by atoms with E-state index in [-0.39, 0.29) is 16.8 Å². The summed E-state index contributed by atoms with van der Waals surface area (Å²) in [6.07, 6.45) is 1.62. The van der Waals surface area contributed by atoms with E-state index in [1.165, 1.54) is 16.2 Å². The number of carbonyl (C=O) groups is 1. The summed E-state index contributed by atoms with van der Waals surface area (Å²) in [5.74, 6) is 0.278. The van der Waals surface area contributed by atoms with Crippen LogP contribution in [0.4, 0.5) is 5.13 Å². The van der Waals surface area contributed by atoms with E-state index in [1.807, 2.05) is 31.2 Å². The first-order valence-corrected chi connectivity index (χ1v) is 10.6. The van der Waals surface area contributed by atoms with E-state index in [4.69, 9.17) is 20.8 Å². The second-order valence-corrected chi connectivity index (χ2v) is 8.02. The lowest BCUT2D eigenvalue weighted by Gasteiger charge is -2.23. The Morgan fingerprint density at radius 1 is 1.23 bits per heavy atom. The lowest BCUT2D eigenvalue weighted by Crippen LogP contribution is -2.29. The number of aromatic nitrogens is 1. The van der Waals surface area contributed by atoms with Gasteiger partial charge in [0.05, 0.1) is 23.6 Å². The lowest BCUT2D eigenvalue weighted by molar-refractivity contribution is 0.0971. The Morgan fingerprint density at radius 3 is 2.87 bits per heavy atom. The fraction of sp³-hybridized carbons (Fsp3) is 0.136. The molecule has 6 nitrogen and oxygen atoms in total. The average Bonchev–Trinajstić information content (AvgIpc) is 3.36. The Kier molecular flexibility index (Phi) is 4.56. The summed E-state index contributed by atoms with van der Waals surface area (Å²) in [6.45, 7) is 2.40. The smallest absolute Gasteiger partial charge is 0.297 e. The van der Waals surface area contributed by atoms with E-state index in [1.54, 1.807) is 29.8 Å². The zero-order valence-corrected chi connectivity index (χ0v) is 17.4. The molecule has 0 saturated carbocycles. The van der Waals surface area contributed by atoms with Crippen molar-refractivity contribution in [1.29, 1.82) is 0 Å². The highest BCUT2D eigenvalue weighted by atomic mass is 35.5. The van der Waals surface area contributed by atoms with Crippen LogP contribution in [0.1, 0.15) is 34.6 Å². The van der Waals surface area contributed by atoms with Crippen LogP contribution in [0.2, 0.25) is 5.02 Å². The van der Waals surface area contributed by atoms with E-state index in [2.05, 4.69) is 4.98 Å². The van der Waals surface area contributed by atoms with Gasteiger partial charge in [0, 0.05) is 16.6 Å². The van der Waals surface area contributed by atoms with Gasteiger partial charge < -0.3 is 9.15 Å². The molecular weight excluding hydrogens is 424 g/mol. The first-order chi connectivity index (χ1) is 14.6. The van der Waals surface area contributed by atoms with Crippen LogP contribution in [0.3, 0.4) is 0 Å². The molecule has 2 aromatic carbocycles. The Morgan fingerprint density at radius 2 is 2.10 bits per heavy atom. The molecular formula is C22H15ClN2O4S. The van der Waals surface area contributed by atoms with Crippen LogP contribution in [0.25, 0.3) is 11.0 Å². The number of anilines is 1. The van der Waals surface area contributed by atoms with Gasteiger partial charge in [0.15, 0.2) is 10.6 Å². The third kappa shape index (κ3) is 2.89. The fourth-order valence-corrected chi connectivity index (χ4v) is 4.57. The SMILES string of the molecule is CCOc1cccc(C2c3c(oc4ccc(Cl)cc4c3=O)C(=O)N2c2nccs2)c1. The quantitative estimate of drug-likeness (QED) is 0.445. The first-order valence-electron chi connectivity index (χ1n) is 9.30. The van der Waals surface area contributed by atoms with E-state index >= 15 is 0 Å². The van der Waals surface area contributed by atoms with Gasteiger partial charge >= 0.3 is 0 Å². The predicted molar refractivity (Wildman–Crippen MR) is 116 cm³/mol. The molecule has 8 heteroatoms. The summed E-state index contributed by atoms with van der Waals surface area (Å²) >= 11 is 7.42. The van der Waals surface area contributed by atoms with Gasteiger partial charge in [-0.15, -0.1) is 11.3 Å². The molecule has 150 valence electrons. The topological polar surface area (TPSA) is 72.6 Å². The highest BCUT2D eigenvalue weighted by Crippen LogP contribution is 2.42. The number of carbonyl (C=O) groups excluding carboxylic acids is 1. The molecule has 0 radical (unpaired) electrons. The van der Waals surface area contributed by atoms with Crippen molar-refractivity contribution in [2.24, 2.45) is 0 Å². The van der Waals surface area contributed by atoms with Crippen molar-refractivity contribution in [3.05, 3.63) is 86.2 Å². The molecule has 1 amide bonds. The molecule has 0 saturated heterocycles. The maximum absolute atomic E-state index is 13.5. The molecule has 30 heavy (non-hydrogen) atoms. The lowest BCUT2D eigenvalue weighted by atomic mass is 9.98. The zero-order chi connectivity index (χ0) is 20.8. The second kappa shape index (κ2) is 7.27. The maximum Gasteiger partial charge on any atom is 0.297 e. The summed E-state index contributed by atoms with van der Waals surface area (Å²) in [5, 5.41) is 3.02. The molecule has 1 aliphatic rings. The maximum atomic E-state index is 13.5. The zero-order valence-electron chi connectivity index (χ0n) is 15.8. The third-order valence-electron chi connectivity index (χ3n) is 4.94. The second-order valence-electron chi connectivity index (χ2n) is 6.71. The Hall–Kier alpha value is -3.16. The van der Waals surface area contributed by atoms with Crippen LogP contribution in [-0.2, 0) is 0 Å². The van der Waals surface area contributed by atoms with Gasteiger partial charge in [-0.3, -0.25) is 14.5 Å². The minimum absolute atomic E-state index is 0.0248. The molecule has 3 heterocycles. The minimum Gasteiger partial charge on any atom is -0.494 e. The van der Waals surface area contributed by atoms with Crippen molar-refractivity contribution in [2.75, 3.05) is 11.5 Å². The fourth-order valence-electron chi connectivity index (χ4n) is 3.73. The molecule has 0 spiro atoms. The van der Waals surface area contributed by atoms with E-state index in [9.17, 15) is 9.59 Å². The minimum atomic E-state index is -0.682. The molecule has 1 unspecified atom stereocenters. The standard InChI is InChI=1S/C22H15ClN2O4S/c1-2-28-14-5-3-4-12(10-14)18-17-19(26)15-11-13(23)6-7-16(15)29-20(17)21(27)25(18)22-24-8-9-30-22/h3-11,18H,2H2,1H3. The third-order valence-corrected chi connectivity index (χ3v) is 5.95. The molecule has 5 rings (SSSR count). The summed E-state index contributed by atoms with van der Waals surface area (Å²) in [7, 11) is 0. The monoisotopic (exact) mass is 438 g/mol. The summed E-state index contributed by atoms with van der Waals surface area (Å²) < 4.78 is 11.5. The molecule has 4 aromatic rings. The van der Waals surface area contributed by atoms with Gasteiger partial charge in [-0.2, -0.15) is 0 Å². The highest BCUT2D eigenvalue weighted by molar-refractivity contribution is 7.13. The number of hydrogen-bond acceptors (Lipinski definition) is 6. The summed E-state index contributed by atoms with van der Waals surface area (Å²) in [6, 6.07) is 11.5. The van der Waals surface area contributed by atoms with Gasteiger partial charge in [-0.25, -0.2) is 4.98 Å². The van der Waals surface area contributed by atoms with Gasteiger partial charge in [-0.1, -0.05) is 23.7 Å². The van der Waals surface area contributed by atoms with Crippen LogP contribution in [0, 0.1) is 0 Å². The molecule has 0 aliphatic carbocycles. The van der Waals surface area contributed by atoms with Crippen molar-refractivity contribution in [2.45, 2.75) is 13.0 Å². The van der Waals surface area contributed by atoms with Crippen LogP contribution in [-0.4, -0.2) is 17.5 Å². The van der Waals surface area contributed by atoms with E-state index < -0.39 is 11.9 Å². The van der Waals surface area contributed by atoms with Crippen LogP contribution in [0.15, 0.2) is 63.3 Å². The van der Waals surface area contributed by atoms with Gasteiger partial charge in [0.1, 0.15) is 11.3 Å². The Bertz CT molecular complexity index is 1330. The number of benzene rings is 2. The van der Waals surface area contributed by atoms with Gasteiger partial charge in [0.2, 0.25) is 5.76 Å². The van der Waals surface area contributed by atoms with Crippen molar-refractivity contribution < 1.29 is 13.9 Å². The normalized spacial score (nSPS) is 15.6. The first kappa shape index (κ1) is 18.8. The van der Waals surface area contributed by atoms with E-state index in [0.29, 0.717) is 33.5 Å². The number of nitrogens with zero attached hydrogens (tertiary/aromatic N) is 2. The Balaban J connectivity index is 1.80. The molecule has 0 N–H and O–H groups in total. The molecule has 1 aliphatic heterocycles. The van der Waals surface area contributed by atoms with Crippen LogP contribution in [0.5, 0.6) is 5.75 Å². The van der Waals surface area contributed by atoms with Crippen molar-refractivity contribution in [3.63, 3.8) is 0 Å².